The number of fused-ring (bicyclic) bond motifs is 1. The van der Waals surface area contributed by atoms with Crippen LogP contribution in [0.2, 0.25) is 0 Å². The van der Waals surface area contributed by atoms with E-state index in [1.54, 1.807) is 57.3 Å². The Bertz CT molecular complexity index is 1600. The number of hydrogen-bond donors (Lipinski definition) is 2. The van der Waals surface area contributed by atoms with E-state index in [0.29, 0.717) is 45.1 Å². The number of furan rings is 1. The number of aryl methyl sites for hydroxylation is 2. The topological polar surface area (TPSA) is 102 Å². The van der Waals surface area contributed by atoms with E-state index in [-0.39, 0.29) is 17.6 Å². The molecule has 2 N–H and O–H groups in total. The summed E-state index contributed by atoms with van der Waals surface area (Å²) < 4.78 is 21.0. The van der Waals surface area contributed by atoms with E-state index in [2.05, 4.69) is 20.9 Å². The summed E-state index contributed by atoms with van der Waals surface area (Å²) in [4.78, 5) is 25.7. The quantitative estimate of drug-likeness (QED) is 0.372. The maximum Gasteiger partial charge on any atom is 0.270 e. The number of benzene rings is 3. The lowest BCUT2D eigenvalue weighted by molar-refractivity contribution is 0.0963. The second-order valence-electron chi connectivity index (χ2n) is 8.25. The number of amides is 2. The van der Waals surface area contributed by atoms with Gasteiger partial charge in [0.25, 0.3) is 11.8 Å². The summed E-state index contributed by atoms with van der Waals surface area (Å²) >= 11 is 0. The van der Waals surface area contributed by atoms with Crippen LogP contribution in [0.15, 0.2) is 71.1 Å². The molecule has 180 valence electrons. The molecule has 0 aliphatic carbocycles. The fraction of sp³-hybridized carbons (Fsp3) is 0.111. The molecule has 0 saturated carbocycles. The average molecular weight is 484 g/mol. The van der Waals surface area contributed by atoms with Crippen LogP contribution in [0.1, 0.15) is 32.4 Å². The largest absolute Gasteiger partial charge is 0.455 e. The molecule has 0 bridgehead atoms. The molecule has 9 heteroatoms. The van der Waals surface area contributed by atoms with Crippen LogP contribution in [0, 0.1) is 19.7 Å². The highest BCUT2D eigenvalue weighted by molar-refractivity contribution is 6.12. The first-order chi connectivity index (χ1) is 17.4. The zero-order valence-corrected chi connectivity index (χ0v) is 19.8. The molecule has 0 aliphatic rings. The summed E-state index contributed by atoms with van der Waals surface area (Å²) in [6, 6.07) is 18.4. The van der Waals surface area contributed by atoms with Gasteiger partial charge in [-0.25, -0.2) is 9.07 Å². The van der Waals surface area contributed by atoms with E-state index in [9.17, 15) is 14.0 Å². The van der Waals surface area contributed by atoms with Gasteiger partial charge in [0.2, 0.25) is 0 Å². The van der Waals surface area contributed by atoms with Crippen molar-refractivity contribution in [1.29, 1.82) is 0 Å². The van der Waals surface area contributed by atoms with Crippen molar-refractivity contribution in [1.82, 2.24) is 20.2 Å². The van der Waals surface area contributed by atoms with Crippen molar-refractivity contribution in [3.05, 3.63) is 95.3 Å². The van der Waals surface area contributed by atoms with E-state index in [1.807, 2.05) is 18.2 Å². The van der Waals surface area contributed by atoms with Crippen molar-refractivity contribution < 1.29 is 18.4 Å². The van der Waals surface area contributed by atoms with Gasteiger partial charge in [0, 0.05) is 23.6 Å². The number of nitrogens with zero attached hydrogens (tertiary/aromatic N) is 3. The number of rotatable bonds is 5. The smallest absolute Gasteiger partial charge is 0.270 e. The van der Waals surface area contributed by atoms with E-state index in [4.69, 9.17) is 4.42 Å². The third kappa shape index (κ3) is 4.11. The Morgan fingerprint density at radius 1 is 0.861 bits per heavy atom. The van der Waals surface area contributed by atoms with Crippen molar-refractivity contribution in [2.24, 2.45) is 0 Å². The summed E-state index contributed by atoms with van der Waals surface area (Å²) in [7, 11) is 1.54. The molecule has 0 aliphatic heterocycles. The predicted octanol–water partition coefficient (Wildman–Crippen LogP) is 4.86. The highest BCUT2D eigenvalue weighted by Gasteiger charge is 2.22. The summed E-state index contributed by atoms with van der Waals surface area (Å²) in [6.07, 6.45) is 0. The number of halogens is 1. The lowest BCUT2D eigenvalue weighted by Gasteiger charge is -2.10. The van der Waals surface area contributed by atoms with Gasteiger partial charge in [-0.05, 0) is 73.5 Å². The van der Waals surface area contributed by atoms with Crippen LogP contribution in [-0.4, -0.2) is 33.7 Å². The van der Waals surface area contributed by atoms with Gasteiger partial charge >= 0.3 is 0 Å². The minimum Gasteiger partial charge on any atom is -0.455 e. The molecule has 8 nitrogen and oxygen atoms in total. The first-order valence-electron chi connectivity index (χ1n) is 11.2. The molecule has 2 amide bonds. The Morgan fingerprint density at radius 2 is 1.53 bits per heavy atom. The minimum absolute atomic E-state index is 0.308. The molecule has 0 fully saturated rings. The second kappa shape index (κ2) is 9.10. The molecule has 5 rings (SSSR count). The van der Waals surface area contributed by atoms with Gasteiger partial charge in [-0.1, -0.05) is 18.2 Å². The van der Waals surface area contributed by atoms with Crippen LogP contribution in [0.25, 0.3) is 33.4 Å². The van der Waals surface area contributed by atoms with Crippen molar-refractivity contribution in [3.8, 4) is 22.5 Å². The van der Waals surface area contributed by atoms with Crippen molar-refractivity contribution in [3.63, 3.8) is 0 Å². The van der Waals surface area contributed by atoms with Crippen LogP contribution in [0.5, 0.6) is 0 Å². The van der Waals surface area contributed by atoms with E-state index in [0.717, 1.165) is 11.1 Å². The van der Waals surface area contributed by atoms with Gasteiger partial charge in [-0.3, -0.25) is 15.0 Å². The second-order valence-corrected chi connectivity index (χ2v) is 8.25. The number of carbonyl (C=O) groups excluding carboxylic acids is 2. The SMILES string of the molecule is CNC(=O)c1c(-c2ccc(F)cc2)oc2ccc(-c3cccc(C(=O)Nn4c(C)nnc4C)c3)cc12. The molecule has 2 heterocycles. The molecule has 0 saturated heterocycles. The van der Waals surface area contributed by atoms with Gasteiger partial charge < -0.3 is 9.73 Å². The van der Waals surface area contributed by atoms with Gasteiger partial charge in [0.1, 0.15) is 28.8 Å². The van der Waals surface area contributed by atoms with Crippen molar-refractivity contribution in [2.75, 3.05) is 12.5 Å². The van der Waals surface area contributed by atoms with Gasteiger partial charge in [-0.15, -0.1) is 10.2 Å². The van der Waals surface area contributed by atoms with Gasteiger partial charge in [-0.2, -0.15) is 0 Å². The van der Waals surface area contributed by atoms with Crippen molar-refractivity contribution in [2.45, 2.75) is 13.8 Å². The molecular formula is C27H22FN5O3. The fourth-order valence-corrected chi connectivity index (χ4v) is 4.07. The number of nitrogens with one attached hydrogen (secondary N) is 2. The predicted molar refractivity (Wildman–Crippen MR) is 134 cm³/mol. The Balaban J connectivity index is 1.55. The molecule has 3 aromatic carbocycles. The third-order valence-electron chi connectivity index (χ3n) is 5.91. The molecule has 0 radical (unpaired) electrons. The Kier molecular flexibility index (Phi) is 5.81. The highest BCUT2D eigenvalue weighted by Crippen LogP contribution is 2.36. The van der Waals surface area contributed by atoms with Crippen LogP contribution < -0.4 is 10.7 Å². The number of carbonyl (C=O) groups is 2. The normalized spacial score (nSPS) is 11.0. The monoisotopic (exact) mass is 483 g/mol. The molecule has 0 unspecified atom stereocenters. The summed E-state index contributed by atoms with van der Waals surface area (Å²) in [5, 5.41) is 11.2. The summed E-state index contributed by atoms with van der Waals surface area (Å²) in [6.45, 7) is 3.50. The first-order valence-corrected chi connectivity index (χ1v) is 11.2. The highest BCUT2D eigenvalue weighted by atomic mass is 19.1. The van der Waals surface area contributed by atoms with Gasteiger partial charge in [0.05, 0.1) is 5.56 Å². The maximum absolute atomic E-state index is 13.5. The zero-order chi connectivity index (χ0) is 25.4. The zero-order valence-electron chi connectivity index (χ0n) is 19.8. The fourth-order valence-electron chi connectivity index (χ4n) is 4.07. The lowest BCUT2D eigenvalue weighted by atomic mass is 9.99. The standard InChI is InChI=1S/C27H22FN5O3/c1-15-30-31-16(2)33(15)32-26(34)20-6-4-5-18(13-20)19-9-12-23-22(14-19)24(27(35)29-3)25(36-23)17-7-10-21(28)11-8-17/h4-14H,1-3H3,(H,29,35)(H,32,34). The minimum atomic E-state index is -0.378. The van der Waals surface area contributed by atoms with Crippen LogP contribution in [0.4, 0.5) is 4.39 Å². The van der Waals surface area contributed by atoms with Crippen LogP contribution in [-0.2, 0) is 0 Å². The first kappa shape index (κ1) is 23.0. The molecule has 36 heavy (non-hydrogen) atoms. The molecule has 0 atom stereocenters. The average Bonchev–Trinajstić information content (AvgIpc) is 3.43. The van der Waals surface area contributed by atoms with Gasteiger partial charge in [0.15, 0.2) is 0 Å². The van der Waals surface area contributed by atoms with E-state index < -0.39 is 0 Å². The Labute approximate surface area is 205 Å². The number of hydrogen-bond acceptors (Lipinski definition) is 5. The Morgan fingerprint density at radius 3 is 2.22 bits per heavy atom. The molecule has 5 aromatic rings. The number of aromatic nitrogens is 3. The molecule has 2 aromatic heterocycles. The summed E-state index contributed by atoms with van der Waals surface area (Å²) in [5.41, 5.74) is 6.29. The van der Waals surface area contributed by atoms with Crippen LogP contribution >= 0.6 is 0 Å². The van der Waals surface area contributed by atoms with Crippen molar-refractivity contribution >= 4 is 22.8 Å². The van der Waals surface area contributed by atoms with Crippen LogP contribution in [0.3, 0.4) is 0 Å². The molecule has 0 spiro atoms. The maximum atomic E-state index is 13.5. The molecular weight excluding hydrogens is 461 g/mol. The Hall–Kier alpha value is -4.79. The van der Waals surface area contributed by atoms with E-state index in [1.165, 1.54) is 16.8 Å². The summed E-state index contributed by atoms with van der Waals surface area (Å²) in [5.74, 6) is 0.489. The third-order valence-corrected chi connectivity index (χ3v) is 5.91. The van der Waals surface area contributed by atoms with E-state index >= 15 is 0 Å². The lowest BCUT2D eigenvalue weighted by Crippen LogP contribution is -2.25.